The van der Waals surface area contributed by atoms with E-state index in [9.17, 15) is 5.11 Å². The summed E-state index contributed by atoms with van der Waals surface area (Å²) >= 11 is 3.35. The van der Waals surface area contributed by atoms with E-state index in [1.807, 2.05) is 10.8 Å². The summed E-state index contributed by atoms with van der Waals surface area (Å²) in [5, 5.41) is 10.5. The SMILES string of the molecule is CCSC1C(n2cnc3c(N)ncnc32)O[C@H](CSC)[C@H]1O. The van der Waals surface area contributed by atoms with E-state index in [2.05, 4.69) is 21.9 Å². The Hall–Kier alpha value is -1.03. The van der Waals surface area contributed by atoms with Crippen LogP contribution in [0.15, 0.2) is 12.7 Å². The molecule has 2 aromatic heterocycles. The summed E-state index contributed by atoms with van der Waals surface area (Å²) in [4.78, 5) is 12.5. The van der Waals surface area contributed by atoms with Crippen LogP contribution in [0.2, 0.25) is 0 Å². The molecule has 3 heterocycles. The molecule has 3 N–H and O–H groups in total. The Morgan fingerprint density at radius 3 is 2.95 bits per heavy atom. The van der Waals surface area contributed by atoms with Crippen molar-refractivity contribution in [3.05, 3.63) is 12.7 Å². The van der Waals surface area contributed by atoms with Gasteiger partial charge in [-0.25, -0.2) is 15.0 Å². The van der Waals surface area contributed by atoms with Crippen molar-refractivity contribution in [1.29, 1.82) is 0 Å². The Labute approximate surface area is 137 Å². The van der Waals surface area contributed by atoms with Crippen LogP contribution in [-0.4, -0.2) is 59.8 Å². The first-order chi connectivity index (χ1) is 10.7. The summed E-state index contributed by atoms with van der Waals surface area (Å²) in [6, 6.07) is 0. The third-order valence-corrected chi connectivity index (χ3v) is 5.56. The highest BCUT2D eigenvalue weighted by molar-refractivity contribution is 8.00. The van der Waals surface area contributed by atoms with Gasteiger partial charge in [-0.2, -0.15) is 23.5 Å². The fourth-order valence-corrected chi connectivity index (χ4v) is 4.39. The van der Waals surface area contributed by atoms with Gasteiger partial charge in [0.25, 0.3) is 0 Å². The molecule has 0 radical (unpaired) electrons. The number of aliphatic hydroxyl groups excluding tert-OH is 1. The van der Waals surface area contributed by atoms with Gasteiger partial charge in [-0.15, -0.1) is 0 Å². The molecule has 2 aromatic rings. The zero-order valence-corrected chi connectivity index (χ0v) is 14.0. The van der Waals surface area contributed by atoms with E-state index >= 15 is 0 Å². The number of ether oxygens (including phenoxy) is 1. The first-order valence-corrected chi connectivity index (χ1v) is 9.48. The van der Waals surface area contributed by atoms with Crippen LogP contribution in [0.25, 0.3) is 11.2 Å². The van der Waals surface area contributed by atoms with E-state index in [0.29, 0.717) is 17.0 Å². The molecule has 4 atom stereocenters. The van der Waals surface area contributed by atoms with Gasteiger partial charge in [0.15, 0.2) is 17.7 Å². The molecule has 0 saturated carbocycles. The van der Waals surface area contributed by atoms with Gasteiger partial charge < -0.3 is 15.6 Å². The Bertz CT molecular complexity index is 652. The van der Waals surface area contributed by atoms with E-state index in [-0.39, 0.29) is 17.6 Å². The first-order valence-electron chi connectivity index (χ1n) is 7.04. The maximum Gasteiger partial charge on any atom is 0.167 e. The third-order valence-electron chi connectivity index (χ3n) is 3.66. The van der Waals surface area contributed by atoms with E-state index < -0.39 is 6.10 Å². The predicted molar refractivity (Wildman–Crippen MR) is 90.0 cm³/mol. The number of thioether (sulfide) groups is 2. The van der Waals surface area contributed by atoms with Crippen molar-refractivity contribution >= 4 is 40.5 Å². The normalized spacial score (nSPS) is 28.5. The summed E-state index contributed by atoms with van der Waals surface area (Å²) in [5.74, 6) is 2.00. The minimum atomic E-state index is -0.515. The standard InChI is InChI=1S/C13H19N5O2S2/c1-3-22-10-9(19)7(4-21-2)20-13(10)18-6-17-8-11(14)15-5-16-12(8)18/h5-7,9-10,13,19H,3-4H2,1-2H3,(H2,14,15,16)/t7-,9-,10?,13?/m1/s1. The van der Waals surface area contributed by atoms with Crippen LogP contribution in [0.1, 0.15) is 13.2 Å². The van der Waals surface area contributed by atoms with E-state index in [4.69, 9.17) is 10.5 Å². The highest BCUT2D eigenvalue weighted by atomic mass is 32.2. The second-order valence-corrected chi connectivity index (χ2v) is 7.38. The van der Waals surface area contributed by atoms with Crippen LogP contribution in [0.4, 0.5) is 5.82 Å². The van der Waals surface area contributed by atoms with Crippen molar-refractivity contribution in [2.24, 2.45) is 0 Å². The number of imidazole rings is 1. The molecule has 1 fully saturated rings. The highest BCUT2D eigenvalue weighted by Crippen LogP contribution is 2.39. The molecule has 0 amide bonds. The number of nitrogens with two attached hydrogens (primary N) is 1. The Morgan fingerprint density at radius 1 is 1.41 bits per heavy atom. The van der Waals surface area contributed by atoms with Crippen molar-refractivity contribution < 1.29 is 9.84 Å². The lowest BCUT2D eigenvalue weighted by Gasteiger charge is -2.20. The average molecular weight is 341 g/mol. The van der Waals surface area contributed by atoms with Crippen molar-refractivity contribution in [3.8, 4) is 0 Å². The largest absolute Gasteiger partial charge is 0.389 e. The van der Waals surface area contributed by atoms with Crippen molar-refractivity contribution in [1.82, 2.24) is 19.5 Å². The van der Waals surface area contributed by atoms with E-state index in [1.165, 1.54) is 6.33 Å². The topological polar surface area (TPSA) is 99.1 Å². The third kappa shape index (κ3) is 2.66. The van der Waals surface area contributed by atoms with Crippen LogP contribution < -0.4 is 5.73 Å². The van der Waals surface area contributed by atoms with Gasteiger partial charge in [0.2, 0.25) is 0 Å². The molecule has 2 unspecified atom stereocenters. The Kier molecular flexibility index (Phi) is 4.76. The van der Waals surface area contributed by atoms with Gasteiger partial charge in [-0.1, -0.05) is 6.92 Å². The van der Waals surface area contributed by atoms with Gasteiger partial charge in [0, 0.05) is 5.75 Å². The number of fused-ring (bicyclic) bond motifs is 1. The maximum absolute atomic E-state index is 10.6. The second kappa shape index (κ2) is 6.61. The molecule has 0 spiro atoms. The lowest BCUT2D eigenvalue weighted by Crippen LogP contribution is -2.30. The van der Waals surface area contributed by atoms with Crippen LogP contribution >= 0.6 is 23.5 Å². The summed E-state index contributed by atoms with van der Waals surface area (Å²) in [5.41, 5.74) is 7.04. The fourth-order valence-electron chi connectivity index (χ4n) is 2.67. The van der Waals surface area contributed by atoms with Crippen molar-refractivity contribution in [2.75, 3.05) is 23.5 Å². The maximum atomic E-state index is 10.6. The van der Waals surface area contributed by atoms with Crippen molar-refractivity contribution in [2.45, 2.75) is 30.6 Å². The molecular formula is C13H19N5O2S2. The molecule has 1 aliphatic heterocycles. The number of aromatic nitrogens is 4. The average Bonchev–Trinajstić information content (AvgIpc) is 3.05. The lowest BCUT2D eigenvalue weighted by atomic mass is 10.2. The predicted octanol–water partition coefficient (Wildman–Crippen LogP) is 1.15. The molecule has 1 saturated heterocycles. The molecule has 22 heavy (non-hydrogen) atoms. The van der Waals surface area contributed by atoms with Crippen LogP contribution in [0, 0.1) is 0 Å². The van der Waals surface area contributed by atoms with E-state index in [0.717, 1.165) is 11.5 Å². The molecule has 0 aliphatic carbocycles. The Morgan fingerprint density at radius 2 is 2.23 bits per heavy atom. The molecule has 7 nitrogen and oxygen atoms in total. The molecule has 0 aromatic carbocycles. The van der Waals surface area contributed by atoms with Crippen molar-refractivity contribution in [3.63, 3.8) is 0 Å². The minimum Gasteiger partial charge on any atom is -0.389 e. The minimum absolute atomic E-state index is 0.0595. The van der Waals surface area contributed by atoms with Gasteiger partial charge in [0.1, 0.15) is 11.8 Å². The highest BCUT2D eigenvalue weighted by Gasteiger charge is 2.44. The number of rotatable bonds is 5. The smallest absolute Gasteiger partial charge is 0.167 e. The van der Waals surface area contributed by atoms with Crippen LogP contribution in [0.3, 0.4) is 0 Å². The number of nitrogens with zero attached hydrogens (tertiary/aromatic N) is 4. The summed E-state index contributed by atoms with van der Waals surface area (Å²) in [6.07, 6.45) is 4.07. The quantitative estimate of drug-likeness (QED) is 0.835. The van der Waals surface area contributed by atoms with Gasteiger partial charge in [-0.3, -0.25) is 4.57 Å². The second-order valence-electron chi connectivity index (χ2n) is 5.01. The van der Waals surface area contributed by atoms with E-state index in [1.54, 1.807) is 29.9 Å². The number of aliphatic hydroxyl groups is 1. The number of nitrogen functional groups attached to an aromatic ring is 1. The lowest BCUT2D eigenvalue weighted by molar-refractivity contribution is -0.00331. The molecule has 1 aliphatic rings. The van der Waals surface area contributed by atoms with Gasteiger partial charge in [-0.05, 0) is 12.0 Å². The van der Waals surface area contributed by atoms with Crippen LogP contribution in [-0.2, 0) is 4.74 Å². The number of anilines is 1. The molecule has 0 bridgehead atoms. The number of hydrogen-bond donors (Lipinski definition) is 2. The number of hydrogen-bond acceptors (Lipinski definition) is 8. The van der Waals surface area contributed by atoms with Crippen LogP contribution in [0.5, 0.6) is 0 Å². The molecule has 9 heteroatoms. The van der Waals surface area contributed by atoms with Gasteiger partial charge in [0.05, 0.1) is 23.8 Å². The first kappa shape index (κ1) is 15.9. The Balaban J connectivity index is 1.98. The zero-order chi connectivity index (χ0) is 15.7. The molecular weight excluding hydrogens is 322 g/mol. The fraction of sp³-hybridized carbons (Fsp3) is 0.615. The molecule has 120 valence electrons. The summed E-state index contributed by atoms with van der Waals surface area (Å²) in [6.45, 7) is 2.07. The summed E-state index contributed by atoms with van der Waals surface area (Å²) in [7, 11) is 0. The molecule has 3 rings (SSSR count). The monoisotopic (exact) mass is 341 g/mol. The summed E-state index contributed by atoms with van der Waals surface area (Å²) < 4.78 is 7.95. The zero-order valence-electron chi connectivity index (χ0n) is 12.4. The van der Waals surface area contributed by atoms with Gasteiger partial charge >= 0.3 is 0 Å².